The first-order chi connectivity index (χ1) is 18.6. The lowest BCUT2D eigenvalue weighted by Gasteiger charge is -2.09. The van der Waals surface area contributed by atoms with E-state index in [1.54, 1.807) is 0 Å². The Kier molecular flexibility index (Phi) is 29.2. The van der Waals surface area contributed by atoms with Gasteiger partial charge < -0.3 is 9.84 Å². The standard InChI is InChI=1S/C34H64O4/c1-3-5-6-7-8-9-10-11-12-13-14-15-16-17-18-19-20-21-22-23-24-25-26-27-28-29-32(34(36)37)31-33(35)38-30-4-2/h27-28,32H,3-26,29-31H2,1-2H3,(H,36,37)/b28-27+. The minimum absolute atomic E-state index is 0.0426. The Balaban J connectivity index is 3.34. The van der Waals surface area contributed by atoms with E-state index in [4.69, 9.17) is 4.74 Å². The fourth-order valence-corrected chi connectivity index (χ4v) is 5.00. The average molecular weight is 537 g/mol. The van der Waals surface area contributed by atoms with Crippen LogP contribution < -0.4 is 0 Å². The highest BCUT2D eigenvalue weighted by atomic mass is 16.5. The number of hydrogen-bond donors (Lipinski definition) is 1. The molecule has 1 atom stereocenters. The van der Waals surface area contributed by atoms with Crippen LogP contribution in [-0.4, -0.2) is 23.7 Å². The molecular weight excluding hydrogens is 472 g/mol. The highest BCUT2D eigenvalue weighted by molar-refractivity contribution is 5.78. The van der Waals surface area contributed by atoms with E-state index in [2.05, 4.69) is 13.0 Å². The number of carboxylic acid groups (broad SMARTS) is 1. The highest BCUT2D eigenvalue weighted by Gasteiger charge is 2.20. The van der Waals surface area contributed by atoms with Gasteiger partial charge in [0.05, 0.1) is 18.9 Å². The summed E-state index contributed by atoms with van der Waals surface area (Å²) < 4.78 is 5.00. The largest absolute Gasteiger partial charge is 0.481 e. The van der Waals surface area contributed by atoms with Gasteiger partial charge in [0.15, 0.2) is 0 Å². The molecule has 4 nitrogen and oxygen atoms in total. The summed E-state index contributed by atoms with van der Waals surface area (Å²) in [6.45, 7) is 4.57. The number of rotatable bonds is 30. The number of carbonyl (C=O) groups excluding carboxylic acids is 1. The molecule has 0 saturated carbocycles. The van der Waals surface area contributed by atoms with Crippen molar-refractivity contribution in [2.45, 2.75) is 181 Å². The van der Waals surface area contributed by atoms with Gasteiger partial charge in [-0.15, -0.1) is 0 Å². The Morgan fingerprint density at radius 1 is 0.579 bits per heavy atom. The quantitative estimate of drug-likeness (QED) is 0.0563. The summed E-state index contributed by atoms with van der Waals surface area (Å²) in [5.41, 5.74) is 0. The van der Waals surface area contributed by atoms with E-state index in [1.807, 2.05) is 13.0 Å². The van der Waals surface area contributed by atoms with E-state index >= 15 is 0 Å². The molecule has 0 rings (SSSR count). The van der Waals surface area contributed by atoms with Crippen molar-refractivity contribution in [2.75, 3.05) is 6.61 Å². The summed E-state index contributed by atoms with van der Waals surface area (Å²) in [5.74, 6) is -2.01. The second kappa shape index (κ2) is 30.2. The maximum atomic E-state index is 11.6. The molecule has 0 bridgehead atoms. The third kappa shape index (κ3) is 27.7. The van der Waals surface area contributed by atoms with E-state index in [9.17, 15) is 14.7 Å². The van der Waals surface area contributed by atoms with Crippen molar-refractivity contribution in [1.29, 1.82) is 0 Å². The molecule has 0 aromatic rings. The Hall–Kier alpha value is -1.32. The molecule has 1 N–H and O–H groups in total. The summed E-state index contributed by atoms with van der Waals surface area (Å²) >= 11 is 0. The van der Waals surface area contributed by atoms with Crippen LogP contribution in [0.4, 0.5) is 0 Å². The summed E-state index contributed by atoms with van der Waals surface area (Å²) in [7, 11) is 0. The molecule has 0 amide bonds. The fourth-order valence-electron chi connectivity index (χ4n) is 5.00. The lowest BCUT2D eigenvalue weighted by molar-refractivity contribution is -0.151. The summed E-state index contributed by atoms with van der Waals surface area (Å²) in [5, 5.41) is 9.29. The number of hydrogen-bond acceptors (Lipinski definition) is 3. The number of allylic oxidation sites excluding steroid dienone is 2. The minimum atomic E-state index is -0.924. The van der Waals surface area contributed by atoms with Gasteiger partial charge in [0.1, 0.15) is 0 Å². The van der Waals surface area contributed by atoms with Crippen molar-refractivity contribution in [1.82, 2.24) is 0 Å². The molecular formula is C34H64O4. The third-order valence-corrected chi connectivity index (χ3v) is 7.54. The van der Waals surface area contributed by atoms with Gasteiger partial charge in [0, 0.05) is 0 Å². The molecule has 0 heterocycles. The van der Waals surface area contributed by atoms with Gasteiger partial charge in [-0.3, -0.25) is 9.59 Å². The van der Waals surface area contributed by atoms with Gasteiger partial charge in [-0.1, -0.05) is 161 Å². The van der Waals surface area contributed by atoms with Crippen LogP contribution in [-0.2, 0) is 14.3 Å². The van der Waals surface area contributed by atoms with Crippen LogP contribution in [0.3, 0.4) is 0 Å². The molecule has 0 spiro atoms. The van der Waals surface area contributed by atoms with Crippen LogP contribution in [0.15, 0.2) is 12.2 Å². The molecule has 4 heteroatoms. The van der Waals surface area contributed by atoms with Crippen molar-refractivity contribution in [3.8, 4) is 0 Å². The number of carbonyl (C=O) groups is 2. The average Bonchev–Trinajstić information content (AvgIpc) is 2.91. The van der Waals surface area contributed by atoms with Gasteiger partial charge in [-0.2, -0.15) is 0 Å². The number of unbranched alkanes of at least 4 members (excludes halogenated alkanes) is 22. The lowest BCUT2D eigenvalue weighted by atomic mass is 10.0. The molecule has 38 heavy (non-hydrogen) atoms. The van der Waals surface area contributed by atoms with Crippen molar-refractivity contribution in [3.63, 3.8) is 0 Å². The molecule has 1 unspecified atom stereocenters. The molecule has 0 aromatic heterocycles. The monoisotopic (exact) mass is 536 g/mol. The fraction of sp³-hybridized carbons (Fsp3) is 0.882. The molecule has 0 aliphatic carbocycles. The second-order valence-electron chi connectivity index (χ2n) is 11.4. The van der Waals surface area contributed by atoms with Crippen molar-refractivity contribution < 1.29 is 19.4 Å². The lowest BCUT2D eigenvalue weighted by Crippen LogP contribution is -2.19. The Bertz CT molecular complexity index is 543. The van der Waals surface area contributed by atoms with Crippen molar-refractivity contribution in [3.05, 3.63) is 12.2 Å². The SMILES string of the molecule is CCCCCCCCCCCCCCCCCCCCCCCC/C=C/CC(CC(=O)OCCC)C(=O)O. The predicted octanol–water partition coefficient (Wildman–Crippen LogP) is 11.0. The van der Waals surface area contributed by atoms with Crippen LogP contribution in [0, 0.1) is 5.92 Å². The summed E-state index contributed by atoms with van der Waals surface area (Å²) in [6, 6.07) is 0. The van der Waals surface area contributed by atoms with E-state index in [0.29, 0.717) is 13.0 Å². The van der Waals surface area contributed by atoms with Gasteiger partial charge in [0.2, 0.25) is 0 Å². The van der Waals surface area contributed by atoms with E-state index in [1.165, 1.54) is 135 Å². The predicted molar refractivity (Wildman–Crippen MR) is 163 cm³/mol. The van der Waals surface area contributed by atoms with Crippen LogP contribution >= 0.6 is 0 Å². The number of aliphatic carboxylic acids is 1. The zero-order chi connectivity index (χ0) is 27.9. The van der Waals surface area contributed by atoms with E-state index in [-0.39, 0.29) is 6.42 Å². The first-order valence-corrected chi connectivity index (χ1v) is 16.6. The van der Waals surface area contributed by atoms with Gasteiger partial charge in [-0.25, -0.2) is 0 Å². The molecule has 0 saturated heterocycles. The number of ether oxygens (including phenoxy) is 1. The van der Waals surface area contributed by atoms with E-state index < -0.39 is 17.9 Å². The maximum Gasteiger partial charge on any atom is 0.307 e. The van der Waals surface area contributed by atoms with Crippen LogP contribution in [0.2, 0.25) is 0 Å². The molecule has 0 aliphatic rings. The topological polar surface area (TPSA) is 63.6 Å². The zero-order valence-electron chi connectivity index (χ0n) is 25.5. The van der Waals surface area contributed by atoms with Gasteiger partial charge >= 0.3 is 11.9 Å². The Morgan fingerprint density at radius 3 is 1.34 bits per heavy atom. The summed E-state index contributed by atoms with van der Waals surface area (Å²) in [6.07, 6.45) is 36.8. The molecule has 0 fully saturated rings. The van der Waals surface area contributed by atoms with E-state index in [0.717, 1.165) is 19.3 Å². The minimum Gasteiger partial charge on any atom is -0.481 e. The van der Waals surface area contributed by atoms with Crippen LogP contribution in [0.5, 0.6) is 0 Å². The zero-order valence-corrected chi connectivity index (χ0v) is 25.5. The normalized spacial score (nSPS) is 12.3. The highest BCUT2D eigenvalue weighted by Crippen LogP contribution is 2.16. The Morgan fingerprint density at radius 2 is 0.974 bits per heavy atom. The Labute approximate surface area is 236 Å². The molecule has 0 aromatic carbocycles. The number of carboxylic acids is 1. The second-order valence-corrected chi connectivity index (χ2v) is 11.4. The first-order valence-electron chi connectivity index (χ1n) is 16.6. The molecule has 0 radical (unpaired) electrons. The molecule has 0 aliphatic heterocycles. The van der Waals surface area contributed by atoms with Crippen molar-refractivity contribution in [2.24, 2.45) is 5.92 Å². The van der Waals surface area contributed by atoms with Crippen molar-refractivity contribution >= 4 is 11.9 Å². The molecule has 224 valence electrons. The van der Waals surface area contributed by atoms with Crippen LogP contribution in [0.25, 0.3) is 0 Å². The number of esters is 1. The maximum absolute atomic E-state index is 11.6. The smallest absolute Gasteiger partial charge is 0.307 e. The summed E-state index contributed by atoms with van der Waals surface area (Å²) in [4.78, 5) is 23.0. The van der Waals surface area contributed by atoms with Gasteiger partial charge in [-0.05, 0) is 25.7 Å². The van der Waals surface area contributed by atoms with Crippen LogP contribution in [0.1, 0.15) is 181 Å². The third-order valence-electron chi connectivity index (χ3n) is 7.54. The first kappa shape index (κ1) is 36.7. The van der Waals surface area contributed by atoms with Gasteiger partial charge in [0.25, 0.3) is 0 Å².